The molecule has 2 rings (SSSR count). The maximum absolute atomic E-state index is 13.4. The zero-order chi connectivity index (χ0) is 22.1. The molecule has 2 amide bonds. The number of amides is 2. The Morgan fingerprint density at radius 1 is 1.03 bits per heavy atom. The van der Waals surface area contributed by atoms with E-state index in [1.807, 2.05) is 0 Å². The van der Waals surface area contributed by atoms with E-state index in [4.69, 9.17) is 0 Å². The predicted octanol–water partition coefficient (Wildman–Crippen LogP) is 1.64. The molecular weight excluding hydrogens is 411 g/mol. The van der Waals surface area contributed by atoms with Crippen LogP contribution < -0.4 is 10.6 Å². The van der Waals surface area contributed by atoms with Gasteiger partial charge in [-0.2, -0.15) is 0 Å². The molecule has 3 N–H and O–H groups in total. The molecule has 0 saturated carbocycles. The van der Waals surface area contributed by atoms with Gasteiger partial charge in [0.2, 0.25) is 11.8 Å². The average molecular weight is 434 g/mol. The molecule has 0 aromatic heterocycles. The van der Waals surface area contributed by atoms with E-state index in [-0.39, 0.29) is 18.6 Å². The van der Waals surface area contributed by atoms with Crippen LogP contribution >= 0.6 is 0 Å². The molecule has 0 aliphatic carbocycles. The summed E-state index contributed by atoms with van der Waals surface area (Å²) < 4.78 is 25.7. The first-order chi connectivity index (χ1) is 14.3. The van der Waals surface area contributed by atoms with Crippen LogP contribution in [0.3, 0.4) is 0 Å². The topological polar surface area (TPSA) is 113 Å². The first kappa shape index (κ1) is 23.2. The van der Waals surface area contributed by atoms with Crippen LogP contribution in [-0.4, -0.2) is 44.9 Å². The van der Waals surface area contributed by atoms with Crippen molar-refractivity contribution in [3.63, 3.8) is 0 Å². The van der Waals surface area contributed by atoms with E-state index >= 15 is 0 Å². The highest BCUT2D eigenvalue weighted by Crippen LogP contribution is 2.10. The molecule has 2 aromatic carbocycles. The van der Waals surface area contributed by atoms with Gasteiger partial charge in [-0.05, 0) is 36.2 Å². The molecule has 0 radical (unpaired) electrons. The number of benzene rings is 2. The molecule has 0 aliphatic rings. The molecule has 0 aliphatic heterocycles. The monoisotopic (exact) mass is 434 g/mol. The summed E-state index contributed by atoms with van der Waals surface area (Å²) in [4.78, 5) is 36.3. The van der Waals surface area contributed by atoms with E-state index in [0.717, 1.165) is 0 Å². The summed E-state index contributed by atoms with van der Waals surface area (Å²) in [5, 5.41) is 14.3. The third-order valence-corrected chi connectivity index (χ3v) is 5.64. The van der Waals surface area contributed by atoms with Crippen molar-refractivity contribution < 1.29 is 28.1 Å². The summed E-state index contributed by atoms with van der Waals surface area (Å²) >= 11 is 0. The number of halogens is 1. The van der Waals surface area contributed by atoms with Crippen LogP contribution in [0.4, 0.5) is 4.39 Å². The number of hydrogen-bond acceptors (Lipinski definition) is 4. The molecule has 30 heavy (non-hydrogen) atoms. The van der Waals surface area contributed by atoms with E-state index in [1.54, 1.807) is 36.4 Å². The van der Waals surface area contributed by atoms with Crippen molar-refractivity contribution in [3.8, 4) is 0 Å². The molecule has 0 heterocycles. The molecular formula is C21H23FN2O5S. The van der Waals surface area contributed by atoms with Gasteiger partial charge >= 0.3 is 5.97 Å². The molecule has 9 heteroatoms. The van der Waals surface area contributed by atoms with Crippen LogP contribution in [0.2, 0.25) is 0 Å². The van der Waals surface area contributed by atoms with Gasteiger partial charge in [0.05, 0.1) is 10.8 Å². The van der Waals surface area contributed by atoms with Crippen LogP contribution in [0.5, 0.6) is 0 Å². The van der Waals surface area contributed by atoms with Gasteiger partial charge in [-0.15, -0.1) is 0 Å². The lowest BCUT2D eigenvalue weighted by Gasteiger charge is -2.21. The molecule has 3 atom stereocenters. The van der Waals surface area contributed by atoms with Gasteiger partial charge < -0.3 is 15.7 Å². The average Bonchev–Trinajstić information content (AvgIpc) is 2.70. The lowest BCUT2D eigenvalue weighted by Crippen LogP contribution is -2.52. The second-order valence-corrected chi connectivity index (χ2v) is 8.21. The SMILES string of the molecule is CC(=O)N[C@H](Cc1cccc(F)c1)C(=O)N[C@@H](CC[S@](=O)c1ccccc1)C(=O)O. The maximum Gasteiger partial charge on any atom is 0.326 e. The Labute approximate surface area is 176 Å². The third-order valence-electron chi connectivity index (χ3n) is 4.24. The predicted molar refractivity (Wildman–Crippen MR) is 110 cm³/mol. The molecule has 2 aromatic rings. The number of aliphatic carboxylic acids is 1. The van der Waals surface area contributed by atoms with Crippen molar-refractivity contribution in [3.05, 3.63) is 66.0 Å². The fraction of sp³-hybridized carbons (Fsp3) is 0.286. The number of rotatable bonds is 10. The number of nitrogens with one attached hydrogen (secondary N) is 2. The highest BCUT2D eigenvalue weighted by Gasteiger charge is 2.26. The first-order valence-corrected chi connectivity index (χ1v) is 10.6. The van der Waals surface area contributed by atoms with E-state index in [9.17, 15) is 28.1 Å². The summed E-state index contributed by atoms with van der Waals surface area (Å²) in [6.45, 7) is 1.23. The van der Waals surface area contributed by atoms with Gasteiger partial charge in [0.25, 0.3) is 0 Å². The van der Waals surface area contributed by atoms with Crippen LogP contribution in [0.15, 0.2) is 59.5 Å². The molecule has 0 fully saturated rings. The molecule has 0 spiro atoms. The van der Waals surface area contributed by atoms with Crippen LogP contribution in [0.1, 0.15) is 18.9 Å². The van der Waals surface area contributed by atoms with Gasteiger partial charge in [0.1, 0.15) is 17.9 Å². The second-order valence-electron chi connectivity index (χ2n) is 6.64. The highest BCUT2D eigenvalue weighted by atomic mass is 32.2. The van der Waals surface area contributed by atoms with E-state index in [2.05, 4.69) is 10.6 Å². The van der Waals surface area contributed by atoms with Crippen LogP contribution in [-0.2, 0) is 31.6 Å². The van der Waals surface area contributed by atoms with Crippen molar-refractivity contribution in [2.45, 2.75) is 36.7 Å². The molecule has 0 unspecified atom stereocenters. The largest absolute Gasteiger partial charge is 0.480 e. The number of carbonyl (C=O) groups excluding carboxylic acids is 2. The number of carboxylic acid groups (broad SMARTS) is 1. The minimum Gasteiger partial charge on any atom is -0.480 e. The zero-order valence-electron chi connectivity index (χ0n) is 16.3. The third kappa shape index (κ3) is 7.40. The van der Waals surface area contributed by atoms with E-state index in [0.29, 0.717) is 10.5 Å². The van der Waals surface area contributed by atoms with Crippen molar-refractivity contribution in [1.29, 1.82) is 0 Å². The maximum atomic E-state index is 13.4. The van der Waals surface area contributed by atoms with Gasteiger partial charge in [-0.25, -0.2) is 9.18 Å². The van der Waals surface area contributed by atoms with E-state index < -0.39 is 46.5 Å². The van der Waals surface area contributed by atoms with Crippen LogP contribution in [0, 0.1) is 5.82 Å². The van der Waals surface area contributed by atoms with Gasteiger partial charge in [0, 0.05) is 24.0 Å². The molecule has 0 bridgehead atoms. The summed E-state index contributed by atoms with van der Waals surface area (Å²) in [6.07, 6.45) is -0.0687. The zero-order valence-corrected chi connectivity index (χ0v) is 17.2. The Hall–Kier alpha value is -3.07. The van der Waals surface area contributed by atoms with Crippen molar-refractivity contribution in [1.82, 2.24) is 10.6 Å². The fourth-order valence-electron chi connectivity index (χ4n) is 2.80. The summed E-state index contributed by atoms with van der Waals surface area (Å²) in [5.41, 5.74) is 0.473. The van der Waals surface area contributed by atoms with Crippen molar-refractivity contribution in [2.75, 3.05) is 5.75 Å². The summed E-state index contributed by atoms with van der Waals surface area (Å²) in [7, 11) is -1.42. The fourth-order valence-corrected chi connectivity index (χ4v) is 3.95. The summed E-state index contributed by atoms with van der Waals surface area (Å²) in [5.74, 6) is -2.92. The Bertz CT molecular complexity index is 923. The Kier molecular flexibility index (Phi) is 8.67. The number of carbonyl (C=O) groups is 3. The normalized spacial score (nSPS) is 13.7. The smallest absolute Gasteiger partial charge is 0.326 e. The molecule has 0 saturated heterocycles. The van der Waals surface area contributed by atoms with Gasteiger partial charge in [-0.3, -0.25) is 13.8 Å². The lowest BCUT2D eigenvalue weighted by atomic mass is 10.0. The van der Waals surface area contributed by atoms with Crippen molar-refractivity contribution >= 4 is 28.6 Å². The van der Waals surface area contributed by atoms with Crippen LogP contribution in [0.25, 0.3) is 0 Å². The quantitative estimate of drug-likeness (QED) is 0.526. The minimum absolute atomic E-state index is 0.00847. The molecule has 7 nitrogen and oxygen atoms in total. The Morgan fingerprint density at radius 3 is 2.33 bits per heavy atom. The number of hydrogen-bond donors (Lipinski definition) is 3. The van der Waals surface area contributed by atoms with Gasteiger partial charge in [0.15, 0.2) is 0 Å². The number of carboxylic acids is 1. The molecule has 160 valence electrons. The van der Waals surface area contributed by atoms with E-state index in [1.165, 1.54) is 25.1 Å². The Morgan fingerprint density at radius 2 is 1.73 bits per heavy atom. The highest BCUT2D eigenvalue weighted by molar-refractivity contribution is 7.85. The second kappa shape index (κ2) is 11.2. The van der Waals surface area contributed by atoms with Gasteiger partial charge in [-0.1, -0.05) is 30.3 Å². The Balaban J connectivity index is 2.04. The first-order valence-electron chi connectivity index (χ1n) is 9.24. The lowest BCUT2D eigenvalue weighted by molar-refractivity contribution is -0.142. The summed E-state index contributed by atoms with van der Waals surface area (Å²) in [6, 6.07) is 11.8. The minimum atomic E-state index is -1.42. The standard InChI is InChI=1S/C21H23FN2O5S/c1-14(25)23-19(13-15-6-5-7-16(22)12-15)20(26)24-18(21(27)28)10-11-30(29)17-8-3-2-4-9-17/h2-9,12,18-19H,10-11,13H2,1H3,(H,23,25)(H,24,26)(H,27,28)/t18-,19+,30-/m0/s1. The van der Waals surface area contributed by atoms with Crippen molar-refractivity contribution in [2.24, 2.45) is 0 Å².